The number of nitrogens with one attached hydrogen (secondary N) is 1. The number of hydrogen-bond acceptors (Lipinski definition) is 8. The Bertz CT molecular complexity index is 1500. The van der Waals surface area contributed by atoms with Gasteiger partial charge in [-0.05, 0) is 90.9 Å². The second kappa shape index (κ2) is 14.6. The third kappa shape index (κ3) is 8.30. The van der Waals surface area contributed by atoms with Gasteiger partial charge in [0.25, 0.3) is 0 Å². The maximum absolute atomic E-state index is 14.1. The van der Waals surface area contributed by atoms with E-state index < -0.39 is 12.0 Å². The van der Waals surface area contributed by atoms with Gasteiger partial charge in [-0.15, -0.1) is 0 Å². The number of ketones is 1. The summed E-state index contributed by atoms with van der Waals surface area (Å²) in [5, 5.41) is 45.3. The van der Waals surface area contributed by atoms with Crippen molar-refractivity contribution in [3.05, 3.63) is 101 Å². The molecule has 0 bridgehead atoms. The molecule has 0 radical (unpaired) electrons. The highest BCUT2D eigenvalue weighted by Crippen LogP contribution is 2.34. The number of carbonyl (C=O) groups excluding carboxylic acids is 1. The van der Waals surface area contributed by atoms with Crippen LogP contribution < -0.4 is 19.8 Å². The number of aromatic hydroxyl groups is 3. The van der Waals surface area contributed by atoms with Crippen molar-refractivity contribution in [2.45, 2.75) is 44.2 Å². The number of phenolic OH excluding ortho intramolecular Hbond substituents is 3. The molecule has 228 valence electrons. The van der Waals surface area contributed by atoms with E-state index in [1.165, 1.54) is 20.3 Å². The molecule has 1 aromatic heterocycles. The van der Waals surface area contributed by atoms with Crippen LogP contribution in [0.25, 0.3) is 0 Å². The lowest BCUT2D eigenvalue weighted by atomic mass is 9.81. The van der Waals surface area contributed by atoms with Gasteiger partial charge in [-0.1, -0.05) is 29.8 Å². The third-order valence-corrected chi connectivity index (χ3v) is 7.67. The third-order valence-electron chi connectivity index (χ3n) is 7.67. The van der Waals surface area contributed by atoms with Crippen molar-refractivity contribution in [2.24, 2.45) is 5.92 Å². The Morgan fingerprint density at radius 3 is 2.02 bits per heavy atom. The van der Waals surface area contributed by atoms with Gasteiger partial charge < -0.3 is 40.2 Å². The lowest BCUT2D eigenvalue weighted by Crippen LogP contribution is -2.30. The molecule has 4 rings (SSSR count). The maximum atomic E-state index is 14.1. The second-order valence-corrected chi connectivity index (χ2v) is 10.8. The zero-order valence-electron chi connectivity index (χ0n) is 24.7. The van der Waals surface area contributed by atoms with Gasteiger partial charge in [-0.25, -0.2) is 0 Å². The van der Waals surface area contributed by atoms with Crippen molar-refractivity contribution >= 4 is 5.78 Å². The number of nitrogens with zero attached hydrogens (tertiary/aromatic N) is 1. The van der Waals surface area contributed by atoms with Gasteiger partial charge in [-0.2, -0.15) is 12.4 Å². The zero-order chi connectivity index (χ0) is 30.9. The molecule has 1 heterocycles. The molecule has 5 N–H and O–H groups in total. The maximum Gasteiger partial charge on any atom is 0.160 e. The molecule has 4 aromatic rings. The van der Waals surface area contributed by atoms with E-state index in [2.05, 4.69) is 10.3 Å². The predicted molar refractivity (Wildman–Crippen MR) is 163 cm³/mol. The molecule has 0 fully saturated rings. The highest BCUT2D eigenvalue weighted by atomic mass is 16.5. The van der Waals surface area contributed by atoms with Gasteiger partial charge in [0.05, 0.1) is 20.3 Å². The van der Waals surface area contributed by atoms with E-state index >= 15 is 0 Å². The van der Waals surface area contributed by atoms with Gasteiger partial charge in [0.1, 0.15) is 11.5 Å². The predicted octanol–water partition coefficient (Wildman–Crippen LogP) is 4.25. The average molecular weight is 588 g/mol. The van der Waals surface area contributed by atoms with Crippen LogP contribution in [0.5, 0.6) is 28.7 Å². The Morgan fingerprint density at radius 1 is 0.814 bits per heavy atom. The molecule has 0 spiro atoms. The van der Waals surface area contributed by atoms with Crippen molar-refractivity contribution < 1.29 is 34.7 Å². The van der Waals surface area contributed by atoms with E-state index in [0.29, 0.717) is 36.4 Å². The number of aromatic nitrogens is 1. The summed E-state index contributed by atoms with van der Waals surface area (Å²) < 4.78 is 10.5. The molecule has 0 saturated heterocycles. The second-order valence-electron chi connectivity index (χ2n) is 10.8. The van der Waals surface area contributed by atoms with Crippen molar-refractivity contribution in [3.63, 3.8) is 0 Å². The zero-order valence-corrected chi connectivity index (χ0v) is 24.7. The minimum Gasteiger partial charge on any atom is -0.670 e. The van der Waals surface area contributed by atoms with Crippen molar-refractivity contribution in [2.75, 3.05) is 21.3 Å². The van der Waals surface area contributed by atoms with Gasteiger partial charge in [-0.3, -0.25) is 4.79 Å². The summed E-state index contributed by atoms with van der Waals surface area (Å²) >= 11 is 0. The highest BCUT2D eigenvalue weighted by molar-refractivity contribution is 5.86. The standard InChI is InChI=1S/C34H39N2O7/c1-35-19-24-12-25(17-27(37)13-24)28(14-22-5-7-30(39)34(16-22)43-3)32(41)18-31(40)26(11-23-8-9-36-20-23)10-21-4-6-29(38)33(15-21)42-2/h4-9,12-13,15-17,20,26,28,31,35,37-40H,10-11,14,18-19H2,1-3H3/q-1/t26-,28+,31+/m0/s1. The highest BCUT2D eigenvalue weighted by Gasteiger charge is 2.29. The van der Waals surface area contributed by atoms with Crippen molar-refractivity contribution in [3.8, 4) is 28.7 Å². The Morgan fingerprint density at radius 2 is 1.44 bits per heavy atom. The average Bonchev–Trinajstić information content (AvgIpc) is 3.50. The summed E-state index contributed by atoms with van der Waals surface area (Å²) in [6.07, 6.45) is 3.54. The minimum atomic E-state index is -0.992. The number of hydrogen-bond donors (Lipinski definition) is 5. The molecule has 3 atom stereocenters. The fraction of sp³-hybridized carbons (Fsp3) is 0.324. The number of ether oxygens (including phenoxy) is 2. The van der Waals surface area contributed by atoms with Crippen molar-refractivity contribution in [1.29, 1.82) is 0 Å². The number of Topliss-reactive ketones (excluding diaryl/α,β-unsaturated/α-hetero) is 1. The first-order valence-electron chi connectivity index (χ1n) is 14.2. The molecule has 0 aliphatic heterocycles. The normalized spacial score (nSPS) is 13.3. The van der Waals surface area contributed by atoms with Crippen LogP contribution in [-0.2, 0) is 30.6 Å². The van der Waals surface area contributed by atoms with Gasteiger partial charge in [0.2, 0.25) is 0 Å². The molecule has 9 heteroatoms. The number of rotatable bonds is 15. The van der Waals surface area contributed by atoms with E-state index in [-0.39, 0.29) is 41.8 Å². The van der Waals surface area contributed by atoms with Crippen LogP contribution >= 0.6 is 0 Å². The minimum absolute atomic E-state index is 0.00563. The first kappa shape index (κ1) is 31.5. The largest absolute Gasteiger partial charge is 0.670 e. The molecule has 43 heavy (non-hydrogen) atoms. The summed E-state index contributed by atoms with van der Waals surface area (Å²) in [7, 11) is 4.74. The molecule has 0 saturated carbocycles. The summed E-state index contributed by atoms with van der Waals surface area (Å²) in [5.41, 5.74) is 4.01. The number of methoxy groups -OCH3 is 2. The molecular formula is C34H39N2O7-. The number of carbonyl (C=O) groups is 1. The number of benzene rings is 3. The van der Waals surface area contributed by atoms with E-state index in [0.717, 1.165) is 22.3 Å². The topological polar surface area (TPSA) is 143 Å². The van der Waals surface area contributed by atoms with Crippen LogP contribution in [0.3, 0.4) is 0 Å². The molecule has 0 unspecified atom stereocenters. The fourth-order valence-electron chi connectivity index (χ4n) is 5.46. The lowest BCUT2D eigenvalue weighted by molar-refractivity contribution is -0.123. The number of phenols is 3. The van der Waals surface area contributed by atoms with E-state index in [1.54, 1.807) is 61.9 Å². The smallest absolute Gasteiger partial charge is 0.160 e. The quantitative estimate of drug-likeness (QED) is 0.138. The van der Waals surface area contributed by atoms with Gasteiger partial charge >= 0.3 is 0 Å². The van der Waals surface area contributed by atoms with Crippen LogP contribution in [0, 0.1) is 5.92 Å². The Balaban J connectivity index is 1.64. The van der Waals surface area contributed by atoms with Crippen LogP contribution in [0.1, 0.15) is 40.2 Å². The van der Waals surface area contributed by atoms with Gasteiger partial charge in [0.15, 0.2) is 23.0 Å². The van der Waals surface area contributed by atoms with E-state index in [1.807, 2.05) is 12.1 Å². The fourth-order valence-corrected chi connectivity index (χ4v) is 5.46. The first-order chi connectivity index (χ1) is 20.7. The Hall–Kier alpha value is -4.47. The summed E-state index contributed by atoms with van der Waals surface area (Å²) in [5.74, 6) is -0.500. The molecule has 0 aliphatic carbocycles. The molecule has 3 aromatic carbocycles. The summed E-state index contributed by atoms with van der Waals surface area (Å²) in [6, 6.07) is 17.0. The van der Waals surface area contributed by atoms with Crippen LogP contribution in [0.15, 0.2) is 73.1 Å². The first-order valence-corrected chi connectivity index (χ1v) is 14.2. The lowest BCUT2D eigenvalue weighted by Gasteiger charge is -2.26. The molecule has 0 amide bonds. The van der Waals surface area contributed by atoms with E-state index in [4.69, 9.17) is 9.47 Å². The van der Waals surface area contributed by atoms with E-state index in [9.17, 15) is 25.2 Å². The molecule has 9 nitrogen and oxygen atoms in total. The van der Waals surface area contributed by atoms with Crippen LogP contribution in [0.2, 0.25) is 0 Å². The Kier molecular flexibility index (Phi) is 10.7. The monoisotopic (exact) mass is 587 g/mol. The van der Waals surface area contributed by atoms with Crippen molar-refractivity contribution in [1.82, 2.24) is 10.3 Å². The SMILES string of the molecule is CNCc1cc(O)cc([C@@H](Cc2ccc(O)c(OC)c2)C(=O)C[C@@H](O)[C@H](Cc2cc[n-]c2)Cc2ccc(O)c(OC)c2)c1. The molecule has 0 aliphatic rings. The van der Waals surface area contributed by atoms with Crippen LogP contribution in [0.4, 0.5) is 0 Å². The summed E-state index contributed by atoms with van der Waals surface area (Å²) in [6.45, 7) is 0.504. The van der Waals surface area contributed by atoms with Gasteiger partial charge in [0, 0.05) is 18.9 Å². The Labute approximate surface area is 251 Å². The number of aliphatic hydroxyl groups excluding tert-OH is 1. The van der Waals surface area contributed by atoms with Crippen LogP contribution in [-0.4, -0.2) is 53.6 Å². The number of aliphatic hydroxyl groups is 1. The summed E-state index contributed by atoms with van der Waals surface area (Å²) in [4.78, 5) is 18.2. The molecular weight excluding hydrogens is 548 g/mol.